The molecule has 3 unspecified atom stereocenters. The Morgan fingerprint density at radius 1 is 1.37 bits per heavy atom. The van der Waals surface area contributed by atoms with E-state index in [1.807, 2.05) is 0 Å². The summed E-state index contributed by atoms with van der Waals surface area (Å²) < 4.78 is 59.4. The van der Waals surface area contributed by atoms with E-state index in [4.69, 9.17) is 10.3 Å². The van der Waals surface area contributed by atoms with Gasteiger partial charge in [0, 0.05) is 23.9 Å². The Kier molecular flexibility index (Phi) is 6.72. The number of nitrogens with one attached hydrogen (secondary N) is 3. The molecule has 3 N–H and O–H groups in total. The van der Waals surface area contributed by atoms with Crippen LogP contribution in [0.4, 0.5) is 17.6 Å². The largest absolute Gasteiger partial charge is 0.495 e. The molecule has 0 spiro atoms. The minimum Gasteiger partial charge on any atom is -0.495 e. The van der Waals surface area contributed by atoms with Gasteiger partial charge >= 0.3 is 6.18 Å². The molecule has 0 saturated carbocycles. The highest BCUT2D eigenvalue weighted by atomic mass is 19.4. The van der Waals surface area contributed by atoms with Crippen molar-refractivity contribution in [1.29, 1.82) is 5.53 Å². The van der Waals surface area contributed by atoms with Gasteiger partial charge in [-0.1, -0.05) is 18.2 Å². The van der Waals surface area contributed by atoms with Gasteiger partial charge in [-0.3, -0.25) is 4.79 Å². The molecule has 184 valence electrons. The summed E-state index contributed by atoms with van der Waals surface area (Å²) in [6, 6.07) is 3.51. The van der Waals surface area contributed by atoms with Crippen LogP contribution in [0.2, 0.25) is 0 Å². The zero-order valence-electron chi connectivity index (χ0n) is 18.5. The van der Waals surface area contributed by atoms with Crippen LogP contribution in [0.5, 0.6) is 5.75 Å². The van der Waals surface area contributed by atoms with E-state index in [2.05, 4.69) is 20.7 Å². The van der Waals surface area contributed by atoms with Gasteiger partial charge < -0.3 is 19.9 Å². The monoisotopic (exact) mass is 490 g/mol. The van der Waals surface area contributed by atoms with Crippen molar-refractivity contribution in [2.24, 2.45) is 11.0 Å². The molecule has 0 bridgehead atoms. The molecular weight excluding hydrogens is 468 g/mol. The minimum absolute atomic E-state index is 0.164. The summed E-state index contributed by atoms with van der Waals surface area (Å²) in [6.45, 7) is 0. The molecule has 1 aliphatic heterocycles. The number of ether oxygens (including phenoxy) is 1. The molecule has 35 heavy (non-hydrogen) atoms. The van der Waals surface area contributed by atoms with Crippen LogP contribution in [0.15, 0.2) is 66.1 Å². The lowest BCUT2D eigenvalue weighted by Gasteiger charge is -2.23. The number of fused-ring (bicyclic) bond motifs is 1. The number of aromatic nitrogens is 2. The second kappa shape index (κ2) is 9.72. The summed E-state index contributed by atoms with van der Waals surface area (Å²) in [7, 11) is 1.36. The Balaban J connectivity index is 1.53. The van der Waals surface area contributed by atoms with Crippen molar-refractivity contribution in [2.45, 2.75) is 31.1 Å². The van der Waals surface area contributed by atoms with Gasteiger partial charge in [0.15, 0.2) is 5.69 Å². The van der Waals surface area contributed by atoms with Crippen molar-refractivity contribution in [1.82, 2.24) is 20.2 Å². The third kappa shape index (κ3) is 5.10. The van der Waals surface area contributed by atoms with Crippen molar-refractivity contribution in [2.75, 3.05) is 7.11 Å². The third-order valence-electron chi connectivity index (χ3n) is 5.92. The van der Waals surface area contributed by atoms with E-state index in [9.17, 15) is 22.4 Å². The van der Waals surface area contributed by atoms with Crippen molar-refractivity contribution in [3.63, 3.8) is 0 Å². The van der Waals surface area contributed by atoms with Gasteiger partial charge in [-0.25, -0.2) is 14.9 Å². The van der Waals surface area contributed by atoms with Gasteiger partial charge in [-0.2, -0.15) is 18.3 Å². The van der Waals surface area contributed by atoms with E-state index in [1.165, 1.54) is 36.1 Å². The van der Waals surface area contributed by atoms with Crippen LogP contribution >= 0.6 is 0 Å². The van der Waals surface area contributed by atoms with E-state index in [0.717, 1.165) is 12.5 Å². The number of alkyl halides is 3. The maximum Gasteiger partial charge on any atom is 0.434 e. The second-order valence-corrected chi connectivity index (χ2v) is 8.07. The zero-order chi connectivity index (χ0) is 25.2. The number of carbonyl (C=O) groups excluding carboxylic acids is 1. The first kappa shape index (κ1) is 24.2. The molecular formula is C23H22F4N6O2. The summed E-state index contributed by atoms with van der Waals surface area (Å²) in [5, 5.41) is 9.27. The molecule has 0 radical (unpaired) electrons. The van der Waals surface area contributed by atoms with Crippen molar-refractivity contribution in [3.05, 3.63) is 72.2 Å². The molecule has 8 nitrogen and oxygen atoms in total. The van der Waals surface area contributed by atoms with Crippen LogP contribution in [-0.2, 0) is 11.0 Å². The molecule has 2 aliphatic rings. The highest BCUT2D eigenvalue weighted by Crippen LogP contribution is 2.32. The number of hydrogen-bond acceptors (Lipinski definition) is 6. The van der Waals surface area contributed by atoms with Gasteiger partial charge in [-0.05, 0) is 31.1 Å². The van der Waals surface area contributed by atoms with Crippen molar-refractivity contribution >= 4 is 11.6 Å². The molecule has 1 aromatic carbocycles. The number of carbonyl (C=O) groups is 1. The lowest BCUT2D eigenvalue weighted by Crippen LogP contribution is -2.45. The summed E-state index contributed by atoms with van der Waals surface area (Å²) in [5.74, 6) is -0.763. The fourth-order valence-electron chi connectivity index (χ4n) is 4.07. The van der Waals surface area contributed by atoms with E-state index < -0.39 is 29.9 Å². The van der Waals surface area contributed by atoms with Gasteiger partial charge in [0.25, 0.3) is 0 Å². The molecule has 1 amide bonds. The lowest BCUT2D eigenvalue weighted by atomic mass is 9.90. The standard InChI is InChI=1S/C23H22F4N6O2/c1-35-20-9-13(5-8-19(20)33-11-21(30-12-33)23(25,26)27)18(32-28)10-29-17-7-6-14-15(24)3-2-4-16(14)31-22(17)34/h2-5,8-12,14,16-17,28-29H,6-7H2,1H3,(H,31,34)/b18-10-,32-28?. The molecule has 12 heteroatoms. The number of benzene rings is 1. The van der Waals surface area contributed by atoms with Gasteiger partial charge in [0.1, 0.15) is 23.3 Å². The molecule has 1 aromatic heterocycles. The second-order valence-electron chi connectivity index (χ2n) is 8.07. The molecule has 3 atom stereocenters. The zero-order valence-corrected chi connectivity index (χ0v) is 18.5. The highest BCUT2D eigenvalue weighted by Gasteiger charge is 2.34. The first-order valence-corrected chi connectivity index (χ1v) is 10.7. The van der Waals surface area contributed by atoms with Crippen LogP contribution < -0.4 is 15.4 Å². The van der Waals surface area contributed by atoms with Crippen LogP contribution in [0, 0.1) is 11.4 Å². The van der Waals surface area contributed by atoms with Crippen molar-refractivity contribution in [3.8, 4) is 11.4 Å². The number of rotatable bonds is 6. The first-order valence-electron chi connectivity index (χ1n) is 10.7. The van der Waals surface area contributed by atoms with E-state index >= 15 is 0 Å². The first-order chi connectivity index (χ1) is 16.7. The SMILES string of the molecule is COc1cc(/C(=C/NC2CCC3C(F)=CC=CC3NC2=O)N=N)ccc1-n1cnc(C(F)(F)F)c1. The predicted octanol–water partition coefficient (Wildman–Crippen LogP) is 4.51. The number of amides is 1. The molecule has 4 rings (SSSR count). The number of halogens is 4. The van der Waals surface area contributed by atoms with Crippen molar-refractivity contribution < 1.29 is 27.1 Å². The van der Waals surface area contributed by atoms with Gasteiger partial charge in [-0.15, -0.1) is 0 Å². The quantitative estimate of drug-likeness (QED) is 0.410. The van der Waals surface area contributed by atoms with E-state index in [-0.39, 0.29) is 23.2 Å². The van der Waals surface area contributed by atoms with Crippen LogP contribution in [-0.4, -0.2) is 34.7 Å². The number of nitrogens with zero attached hydrogens (tertiary/aromatic N) is 3. The minimum atomic E-state index is -4.58. The summed E-state index contributed by atoms with van der Waals surface area (Å²) in [6.07, 6.45) is 4.24. The number of imidazole rings is 1. The average Bonchev–Trinajstić information content (AvgIpc) is 3.27. The Morgan fingerprint density at radius 3 is 2.86 bits per heavy atom. The highest BCUT2D eigenvalue weighted by molar-refractivity contribution is 5.83. The number of methoxy groups -OCH3 is 1. The van der Waals surface area contributed by atoms with Crippen LogP contribution in [0.25, 0.3) is 11.4 Å². The molecule has 2 heterocycles. The summed E-state index contributed by atoms with van der Waals surface area (Å²) in [5.41, 5.74) is 7.42. The maximum atomic E-state index is 14.1. The molecule has 2 aromatic rings. The number of allylic oxidation sites excluding steroid dienone is 2. The Bertz CT molecular complexity index is 1220. The summed E-state index contributed by atoms with van der Waals surface area (Å²) >= 11 is 0. The Hall–Kier alpha value is -3.96. The molecule has 1 aliphatic carbocycles. The summed E-state index contributed by atoms with van der Waals surface area (Å²) in [4.78, 5) is 16.0. The van der Waals surface area contributed by atoms with Crippen LogP contribution in [0.3, 0.4) is 0 Å². The molecule has 1 saturated heterocycles. The smallest absolute Gasteiger partial charge is 0.434 e. The van der Waals surface area contributed by atoms with E-state index in [1.54, 1.807) is 18.2 Å². The fraction of sp³-hybridized carbons (Fsp3) is 0.304. The third-order valence-corrected chi connectivity index (χ3v) is 5.92. The predicted molar refractivity (Wildman–Crippen MR) is 118 cm³/mol. The van der Waals surface area contributed by atoms with E-state index in [0.29, 0.717) is 24.1 Å². The normalized spacial score (nSPS) is 22.5. The maximum absolute atomic E-state index is 14.1. The topological polar surface area (TPSA) is 104 Å². The van der Waals surface area contributed by atoms with Gasteiger partial charge in [0.2, 0.25) is 5.91 Å². The Labute approximate surface area is 197 Å². The lowest BCUT2D eigenvalue weighted by molar-refractivity contribution is -0.140. The molecule has 1 fully saturated rings. The van der Waals surface area contributed by atoms with Crippen LogP contribution in [0.1, 0.15) is 24.1 Å². The number of hydrogen-bond donors (Lipinski definition) is 3. The average molecular weight is 490 g/mol. The van der Waals surface area contributed by atoms with Gasteiger partial charge in [0.05, 0.1) is 25.2 Å². The fourth-order valence-corrected chi connectivity index (χ4v) is 4.07. The Morgan fingerprint density at radius 2 is 2.17 bits per heavy atom.